The number of carboxylic acid groups (broad SMARTS) is 2. The number of ether oxygens (including phenoxy) is 2. The Hall–Kier alpha value is -9.92. The highest BCUT2D eigenvalue weighted by atomic mass is 32.0. The quantitative estimate of drug-likeness (QED) is 0.0156. The highest BCUT2D eigenvalue weighted by Gasteiger charge is 2.42. The summed E-state index contributed by atoms with van der Waals surface area (Å²) < 4.78 is 58.6. The van der Waals surface area contributed by atoms with Gasteiger partial charge in [0.15, 0.2) is 33.3 Å². The summed E-state index contributed by atoms with van der Waals surface area (Å²) in [4.78, 5) is 134. The molecular formula is C104H155FN12O19P2Si4. The molecule has 0 fully saturated rings. The van der Waals surface area contributed by atoms with Crippen LogP contribution in [0.4, 0.5) is 13.8 Å². The number of fused-ring (bicyclic) bond motifs is 8. The van der Waals surface area contributed by atoms with Gasteiger partial charge in [-0.05, 0) is 161 Å². The van der Waals surface area contributed by atoms with Gasteiger partial charge in [-0.1, -0.05) is 217 Å². The van der Waals surface area contributed by atoms with E-state index in [0.29, 0.717) is 39.4 Å². The van der Waals surface area contributed by atoms with Crippen LogP contribution in [0.15, 0.2) is 158 Å². The van der Waals surface area contributed by atoms with Crippen molar-refractivity contribution in [2.45, 2.75) is 219 Å². The van der Waals surface area contributed by atoms with Crippen LogP contribution in [-0.2, 0) is 96.2 Å². The Kier molecular flexibility index (Phi) is 42.7. The van der Waals surface area contributed by atoms with E-state index in [1.807, 2.05) is 141 Å². The Morgan fingerprint density at radius 3 is 1.04 bits per heavy atom. The number of carbonyl (C=O) groups is 10. The minimum absolute atomic E-state index is 0.0192. The number of para-hydroxylation sites is 2. The number of hydrazine groups is 2. The van der Waals surface area contributed by atoms with Crippen LogP contribution < -0.4 is 11.1 Å². The summed E-state index contributed by atoms with van der Waals surface area (Å²) in [6.07, 6.45) is -1.29. The van der Waals surface area contributed by atoms with E-state index in [1.54, 1.807) is 24.1 Å². The fourth-order valence-electron chi connectivity index (χ4n) is 15.5. The highest BCUT2D eigenvalue weighted by molar-refractivity contribution is 8.08. The average molecular weight is 2070 g/mol. The molecule has 2 aromatic heterocycles. The van der Waals surface area contributed by atoms with Gasteiger partial charge in [-0.25, -0.2) is 29.6 Å². The Labute approximate surface area is 846 Å². The zero-order chi connectivity index (χ0) is 105. The molecule has 5 N–H and O–H groups in total. The number of aromatic nitrogens is 2. The number of aryl methyl sites for hydroxylation is 2. The van der Waals surface area contributed by atoms with E-state index in [9.17, 15) is 57.2 Å². The Morgan fingerprint density at radius 2 is 0.725 bits per heavy atom. The molecule has 31 nitrogen and oxygen atoms in total. The van der Waals surface area contributed by atoms with Crippen LogP contribution in [0.2, 0.25) is 72.5 Å². The van der Waals surface area contributed by atoms with E-state index < -0.39 is 83.3 Å². The maximum Gasteiger partial charge on any atom is 0.424 e. The number of nitrogens with zero attached hydrogens (tertiary/aromatic N) is 10. The SMILES string of the molecule is CC(C)(C)[Si](C)(C)OCCN(CCC(=O)O)C(=O)CN(CCO[Si](C)(C)C(C)(C)C)C(=O)CN.CN(Cc1cc2ccccc2n1CCC(=O)NCC(=O)N(CCO[Si](C)(C)C(C)(C)C)CC(=O)N(CCO[Si](C)(C)C(C)(C)C)CCC(=O)O)N(C)C(=O)OCC1c2ccccc2-c2ccccc21.CN(Cc1cc2ccccc2n1CCC(=O)OP(F)P)N(C)C(=O)OCC1c2ccccc2-c2ccccc21. The summed E-state index contributed by atoms with van der Waals surface area (Å²) in [5, 5.41) is 29.8. The molecule has 0 saturated carbocycles. The smallest absolute Gasteiger partial charge is 0.424 e. The van der Waals surface area contributed by atoms with Gasteiger partial charge in [0.25, 0.3) is 8.15 Å². The molecule has 0 saturated heterocycles. The number of aliphatic carboxylic acids is 2. The molecule has 0 spiro atoms. The van der Waals surface area contributed by atoms with Gasteiger partial charge in [0.2, 0.25) is 29.5 Å². The number of nitrogens with one attached hydrogen (secondary N) is 1. The van der Waals surface area contributed by atoms with E-state index in [1.165, 1.54) is 40.7 Å². The van der Waals surface area contributed by atoms with Gasteiger partial charge in [0.05, 0.1) is 85.0 Å². The molecule has 0 aliphatic heterocycles. The van der Waals surface area contributed by atoms with Crippen molar-refractivity contribution < 1.29 is 94.1 Å². The van der Waals surface area contributed by atoms with Crippen LogP contribution in [0.3, 0.4) is 0 Å². The molecular weight excluding hydrogens is 1910 g/mol. The van der Waals surface area contributed by atoms with E-state index in [-0.39, 0.29) is 167 Å². The highest BCUT2D eigenvalue weighted by Crippen LogP contribution is 2.49. The first kappa shape index (κ1) is 117. The van der Waals surface area contributed by atoms with Crippen LogP contribution in [0.1, 0.15) is 154 Å². The molecule has 2 aliphatic rings. The Morgan fingerprint density at radius 1 is 0.423 bits per heavy atom. The molecule has 142 heavy (non-hydrogen) atoms. The zero-order valence-corrected chi connectivity index (χ0v) is 94.0. The van der Waals surface area contributed by atoms with E-state index in [2.05, 4.69) is 189 Å². The van der Waals surface area contributed by atoms with E-state index in [4.69, 9.17) is 42.5 Å². The van der Waals surface area contributed by atoms with Crippen molar-refractivity contribution in [3.63, 3.8) is 0 Å². The lowest BCUT2D eigenvalue weighted by atomic mass is 9.98. The number of hydrogen-bond donors (Lipinski definition) is 4. The van der Waals surface area contributed by atoms with Crippen molar-refractivity contribution >= 4 is 132 Å². The third-order valence-electron chi connectivity index (χ3n) is 28.5. The molecule has 38 heteroatoms. The van der Waals surface area contributed by atoms with Crippen LogP contribution >= 0.6 is 17.1 Å². The summed E-state index contributed by atoms with van der Waals surface area (Å²) in [5.41, 5.74) is 18.5. The second-order valence-electron chi connectivity index (χ2n) is 42.3. The molecule has 2 heterocycles. The van der Waals surface area contributed by atoms with Gasteiger partial charge in [0.1, 0.15) is 13.2 Å². The van der Waals surface area contributed by atoms with Crippen molar-refractivity contribution in [3.8, 4) is 22.3 Å². The maximum absolute atomic E-state index is 13.9. The lowest BCUT2D eigenvalue weighted by molar-refractivity contribution is -0.143. The Bertz CT molecular complexity index is 5550. The fraction of sp³-hybridized carbons (Fsp3) is 0.519. The molecule has 6 aromatic carbocycles. The summed E-state index contributed by atoms with van der Waals surface area (Å²) in [5.74, 6) is -4.60. The van der Waals surface area contributed by atoms with E-state index in [0.717, 1.165) is 66.6 Å². The first-order valence-corrected chi connectivity index (χ1v) is 63.0. The van der Waals surface area contributed by atoms with Crippen LogP contribution in [0.25, 0.3) is 44.1 Å². The topological polar surface area (TPSA) is 350 Å². The van der Waals surface area contributed by atoms with Crippen molar-refractivity contribution in [2.75, 3.05) is 133 Å². The van der Waals surface area contributed by atoms with Gasteiger partial charge >= 0.3 is 30.1 Å². The van der Waals surface area contributed by atoms with Crippen LogP contribution in [0.5, 0.6) is 0 Å². The standard InChI is InChI=1S/C52H76N6O9Si2.C29H30FN3O4P2.C23H49N3O6Si2/c1-51(2,3)68(9,10)66-31-29-56(27-26-49(62)63)48(61)36-57(30-32-67-69(11,12)52(4,5)6)47(60)34-53-46(59)25-28-58-39(33-38-19-13-18-24-45(38)58)35-54(7)55(8)50(64)65-37-44-42-22-16-14-20-40(42)41-21-15-17-23-43(41)44;1-31(18-21-17-20-9-3-8-14-27(20)33(21)16-15-28(34)37-39(30)38)32(2)29(35)36-19-26-24-12-6-4-10-22(24)23-11-5-7-13-25(23)26;1-22(2,3)33(7,8)31-15-13-25(12-11-21(29)30)20(28)18-26(19(27)17-24)14-16-32-34(9,10)23(4,5)6/h13-24,33,44H,25-32,34-37H2,1-12H3,(H,53,59)(H,62,63);3-14,17,26H,15-16,18-19,38H2,1-2H3;11-18,24H2,1-10H3,(H,29,30). The molecule has 2 aliphatic carbocycles. The van der Waals surface area contributed by atoms with Gasteiger partial charge < -0.3 is 81.7 Å². The predicted octanol–water partition coefficient (Wildman–Crippen LogP) is 18.5. The summed E-state index contributed by atoms with van der Waals surface area (Å²) in [6, 6.07) is 52.6. The third kappa shape index (κ3) is 32.8. The normalized spacial score (nSPS) is 13.1. The van der Waals surface area contributed by atoms with Crippen molar-refractivity contribution in [2.24, 2.45) is 5.73 Å². The van der Waals surface area contributed by atoms with Crippen LogP contribution in [-0.4, -0.2) is 285 Å². The van der Waals surface area contributed by atoms with Crippen LogP contribution in [0, 0.1) is 0 Å². The number of amides is 7. The predicted molar refractivity (Wildman–Crippen MR) is 571 cm³/mol. The molecule has 2 atom stereocenters. The molecule has 2 unspecified atom stereocenters. The number of nitrogens with two attached hydrogens (primary N) is 1. The minimum atomic E-state index is -2.33. The van der Waals surface area contributed by atoms with Gasteiger partial charge in [-0.3, -0.25) is 38.4 Å². The third-order valence-corrected chi connectivity index (χ3v) is 47.3. The first-order chi connectivity index (χ1) is 66.4. The van der Waals surface area contributed by atoms with Crippen molar-refractivity contribution in [3.05, 3.63) is 191 Å². The Balaban J connectivity index is 0.000000285. The van der Waals surface area contributed by atoms with Gasteiger partial charge in [-0.15, -0.1) is 0 Å². The second kappa shape index (κ2) is 51.7. The van der Waals surface area contributed by atoms with Gasteiger partial charge in [0, 0.05) is 121 Å². The molecule has 10 rings (SSSR count). The number of halogens is 1. The number of benzene rings is 6. The summed E-state index contributed by atoms with van der Waals surface area (Å²) >= 11 is 0. The molecule has 0 bridgehead atoms. The minimum Gasteiger partial charge on any atom is -0.481 e. The molecule has 0 radical (unpaired) electrons. The lowest BCUT2D eigenvalue weighted by Gasteiger charge is -2.37. The lowest BCUT2D eigenvalue weighted by Crippen LogP contribution is -2.50. The largest absolute Gasteiger partial charge is 0.481 e. The number of carboxylic acids is 2. The van der Waals surface area contributed by atoms with Gasteiger partial charge in [-0.2, -0.15) is 4.20 Å². The summed E-state index contributed by atoms with van der Waals surface area (Å²) in [7, 11) is -1.85. The maximum atomic E-state index is 13.9. The first-order valence-electron chi connectivity index (χ1n) is 48.6. The fourth-order valence-corrected chi connectivity index (χ4v) is 20.3. The number of carbonyl (C=O) groups excluding carboxylic acids is 8. The van der Waals surface area contributed by atoms with Crippen molar-refractivity contribution in [1.82, 2.24) is 54.1 Å². The molecule has 7 amide bonds. The summed E-state index contributed by atoms with van der Waals surface area (Å²) in [6.45, 7) is 45.1. The van der Waals surface area contributed by atoms with Crippen molar-refractivity contribution in [1.29, 1.82) is 0 Å². The number of rotatable bonds is 46. The average Bonchev–Trinajstić information content (AvgIpc) is 1.61. The molecule has 8 aromatic rings. The van der Waals surface area contributed by atoms with E-state index >= 15 is 0 Å². The zero-order valence-electron chi connectivity index (χ0n) is 87.9. The monoisotopic (exact) mass is 2070 g/mol. The number of hydrogen-bond acceptors (Lipinski definition) is 20. The second-order valence-corrected chi connectivity index (χ2v) is 63.5. The molecule has 778 valence electrons.